The second kappa shape index (κ2) is 8.52. The number of alkyl halides is 3. The molecular formula is C22H18F3NOS. The molecule has 0 bridgehead atoms. The van der Waals surface area contributed by atoms with Gasteiger partial charge in [-0.1, -0.05) is 54.6 Å². The summed E-state index contributed by atoms with van der Waals surface area (Å²) in [6.07, 6.45) is -4.41. The number of para-hydroxylation sites is 1. The lowest BCUT2D eigenvalue weighted by Gasteiger charge is -2.15. The predicted octanol–water partition coefficient (Wildman–Crippen LogP) is 6.49. The highest BCUT2D eigenvalue weighted by Crippen LogP contribution is 2.34. The van der Waals surface area contributed by atoms with Crippen molar-refractivity contribution in [2.75, 3.05) is 5.32 Å². The van der Waals surface area contributed by atoms with Gasteiger partial charge in [0, 0.05) is 16.1 Å². The topological polar surface area (TPSA) is 29.1 Å². The fraction of sp³-hybridized carbons (Fsp3) is 0.136. The van der Waals surface area contributed by atoms with Crippen LogP contribution in [0.4, 0.5) is 18.9 Å². The Morgan fingerprint density at radius 1 is 0.929 bits per heavy atom. The van der Waals surface area contributed by atoms with Gasteiger partial charge in [-0.05, 0) is 36.8 Å². The maximum absolute atomic E-state index is 12.9. The molecule has 1 N–H and O–H groups in total. The lowest BCUT2D eigenvalue weighted by molar-refractivity contribution is -0.137. The van der Waals surface area contributed by atoms with Gasteiger partial charge in [0.05, 0.1) is 10.8 Å². The van der Waals surface area contributed by atoms with E-state index < -0.39 is 17.0 Å². The van der Waals surface area contributed by atoms with E-state index in [0.717, 1.165) is 35.0 Å². The molecule has 3 aromatic rings. The normalized spacial score (nSPS) is 12.4. The average molecular weight is 401 g/mol. The third-order valence-electron chi connectivity index (χ3n) is 4.11. The number of nitrogens with one attached hydrogen (secondary N) is 1. The van der Waals surface area contributed by atoms with Crippen LogP contribution in [0.15, 0.2) is 83.8 Å². The summed E-state index contributed by atoms with van der Waals surface area (Å²) in [5.41, 5.74) is 1.79. The Balaban J connectivity index is 1.74. The number of rotatable bonds is 5. The Morgan fingerprint density at radius 3 is 2.32 bits per heavy atom. The van der Waals surface area contributed by atoms with Gasteiger partial charge in [-0.3, -0.25) is 4.79 Å². The minimum atomic E-state index is -4.41. The van der Waals surface area contributed by atoms with Crippen molar-refractivity contribution in [1.82, 2.24) is 0 Å². The molecule has 3 aromatic carbocycles. The molecule has 0 aliphatic rings. The van der Waals surface area contributed by atoms with Crippen LogP contribution in [0, 0.1) is 0 Å². The van der Waals surface area contributed by atoms with Crippen molar-refractivity contribution < 1.29 is 18.0 Å². The first kappa shape index (κ1) is 20.0. The highest BCUT2D eigenvalue weighted by atomic mass is 32.2. The van der Waals surface area contributed by atoms with Crippen LogP contribution < -0.4 is 5.32 Å². The minimum Gasteiger partial charge on any atom is -0.325 e. The summed E-state index contributed by atoms with van der Waals surface area (Å²) in [5, 5.41) is 2.33. The Morgan fingerprint density at radius 2 is 1.61 bits per heavy atom. The molecule has 0 heterocycles. The fourth-order valence-electron chi connectivity index (χ4n) is 2.70. The number of benzene rings is 3. The van der Waals surface area contributed by atoms with Gasteiger partial charge < -0.3 is 5.32 Å². The summed E-state index contributed by atoms with van der Waals surface area (Å²) in [4.78, 5) is 13.0. The van der Waals surface area contributed by atoms with E-state index in [4.69, 9.17) is 0 Å². The number of thioether (sulfide) groups is 1. The summed E-state index contributed by atoms with van der Waals surface area (Å²) in [6, 6.07) is 22.1. The first-order valence-electron chi connectivity index (χ1n) is 8.64. The third kappa shape index (κ3) is 4.95. The maximum Gasteiger partial charge on any atom is 0.416 e. The van der Waals surface area contributed by atoms with E-state index in [2.05, 4.69) is 5.32 Å². The molecule has 0 aliphatic carbocycles. The van der Waals surface area contributed by atoms with Crippen LogP contribution in [0.1, 0.15) is 12.5 Å². The smallest absolute Gasteiger partial charge is 0.325 e. The monoisotopic (exact) mass is 401 g/mol. The molecule has 0 saturated heterocycles. The van der Waals surface area contributed by atoms with E-state index in [0.29, 0.717) is 10.6 Å². The van der Waals surface area contributed by atoms with Crippen molar-refractivity contribution in [1.29, 1.82) is 0 Å². The van der Waals surface area contributed by atoms with E-state index in [1.807, 2.05) is 54.6 Å². The van der Waals surface area contributed by atoms with E-state index >= 15 is 0 Å². The van der Waals surface area contributed by atoms with Crippen molar-refractivity contribution >= 4 is 23.4 Å². The molecule has 28 heavy (non-hydrogen) atoms. The third-order valence-corrected chi connectivity index (χ3v) is 5.21. The number of anilines is 1. The Labute approximate surface area is 165 Å². The minimum absolute atomic E-state index is 0.272. The Bertz CT molecular complexity index is 957. The van der Waals surface area contributed by atoms with Crippen LogP contribution in [0.25, 0.3) is 11.1 Å². The van der Waals surface area contributed by atoms with Gasteiger partial charge in [-0.2, -0.15) is 13.2 Å². The zero-order valence-electron chi connectivity index (χ0n) is 15.0. The molecule has 1 amide bonds. The molecular weight excluding hydrogens is 383 g/mol. The Hall–Kier alpha value is -2.73. The van der Waals surface area contributed by atoms with Crippen LogP contribution in [0.3, 0.4) is 0 Å². The first-order chi connectivity index (χ1) is 13.3. The number of halogens is 3. The van der Waals surface area contributed by atoms with Crippen molar-refractivity contribution in [2.45, 2.75) is 23.2 Å². The van der Waals surface area contributed by atoms with Crippen molar-refractivity contribution in [3.8, 4) is 11.1 Å². The SMILES string of the molecule is C[C@@H](Sc1cccc(C(F)(F)F)c1)C(=O)Nc1ccccc1-c1ccccc1. The van der Waals surface area contributed by atoms with Gasteiger partial charge in [0.25, 0.3) is 0 Å². The second-order valence-corrected chi connectivity index (χ2v) is 7.60. The molecule has 0 aromatic heterocycles. The standard InChI is InChI=1S/C22H18F3NOS/c1-15(28-18-11-7-10-17(14-18)22(23,24)25)21(27)26-20-13-6-5-12-19(20)16-8-3-2-4-9-16/h2-15H,1H3,(H,26,27)/t15-/m1/s1. The van der Waals surface area contributed by atoms with Crippen LogP contribution in [-0.2, 0) is 11.0 Å². The molecule has 0 fully saturated rings. The van der Waals surface area contributed by atoms with E-state index in [1.54, 1.807) is 13.0 Å². The van der Waals surface area contributed by atoms with Crippen molar-refractivity contribution in [2.24, 2.45) is 0 Å². The van der Waals surface area contributed by atoms with E-state index in [1.165, 1.54) is 6.07 Å². The maximum atomic E-state index is 12.9. The molecule has 0 saturated carbocycles. The fourth-order valence-corrected chi connectivity index (χ4v) is 3.63. The summed E-state index contributed by atoms with van der Waals surface area (Å²) < 4.78 is 38.6. The first-order valence-corrected chi connectivity index (χ1v) is 9.52. The van der Waals surface area contributed by atoms with Gasteiger partial charge in [-0.25, -0.2) is 0 Å². The number of hydrogen-bond donors (Lipinski definition) is 1. The van der Waals surface area contributed by atoms with Gasteiger partial charge in [-0.15, -0.1) is 11.8 Å². The van der Waals surface area contributed by atoms with Crippen LogP contribution in [0.2, 0.25) is 0 Å². The molecule has 0 spiro atoms. The largest absolute Gasteiger partial charge is 0.416 e. The van der Waals surface area contributed by atoms with Gasteiger partial charge in [0.2, 0.25) is 5.91 Å². The van der Waals surface area contributed by atoms with E-state index in [-0.39, 0.29) is 5.91 Å². The predicted molar refractivity (Wildman–Crippen MR) is 107 cm³/mol. The molecule has 1 atom stereocenters. The average Bonchev–Trinajstić information content (AvgIpc) is 2.68. The van der Waals surface area contributed by atoms with Crippen LogP contribution in [0.5, 0.6) is 0 Å². The van der Waals surface area contributed by atoms with Gasteiger partial charge in [0.15, 0.2) is 0 Å². The zero-order chi connectivity index (χ0) is 20.1. The lowest BCUT2D eigenvalue weighted by atomic mass is 10.0. The quantitative estimate of drug-likeness (QED) is 0.495. The van der Waals surface area contributed by atoms with Gasteiger partial charge >= 0.3 is 6.18 Å². The molecule has 0 unspecified atom stereocenters. The van der Waals surface area contributed by atoms with Crippen molar-refractivity contribution in [3.63, 3.8) is 0 Å². The number of amides is 1. The van der Waals surface area contributed by atoms with Gasteiger partial charge in [0.1, 0.15) is 0 Å². The number of hydrogen-bond acceptors (Lipinski definition) is 2. The van der Waals surface area contributed by atoms with Crippen molar-refractivity contribution in [3.05, 3.63) is 84.4 Å². The zero-order valence-corrected chi connectivity index (χ0v) is 15.8. The molecule has 0 radical (unpaired) electrons. The molecule has 0 aliphatic heterocycles. The highest BCUT2D eigenvalue weighted by molar-refractivity contribution is 8.00. The van der Waals surface area contributed by atoms with E-state index in [9.17, 15) is 18.0 Å². The molecule has 3 rings (SSSR count). The Kier molecular flexibility index (Phi) is 6.09. The lowest BCUT2D eigenvalue weighted by Crippen LogP contribution is -2.22. The van der Waals surface area contributed by atoms with Crippen LogP contribution >= 0.6 is 11.8 Å². The highest BCUT2D eigenvalue weighted by Gasteiger charge is 2.30. The summed E-state index contributed by atoms with van der Waals surface area (Å²) in [7, 11) is 0. The van der Waals surface area contributed by atoms with Crippen LogP contribution in [-0.4, -0.2) is 11.2 Å². The summed E-state index contributed by atoms with van der Waals surface area (Å²) in [6.45, 7) is 1.67. The number of carbonyl (C=O) groups excluding carboxylic acids is 1. The molecule has 6 heteroatoms. The number of carbonyl (C=O) groups is 1. The summed E-state index contributed by atoms with van der Waals surface area (Å²) in [5.74, 6) is -0.272. The summed E-state index contributed by atoms with van der Waals surface area (Å²) >= 11 is 1.09. The molecule has 144 valence electrons. The second-order valence-electron chi connectivity index (χ2n) is 6.19. The molecule has 2 nitrogen and oxygen atoms in total.